The Labute approximate surface area is 105 Å². The Kier molecular flexibility index (Phi) is 3.26. The van der Waals surface area contributed by atoms with E-state index in [1.165, 1.54) is 11.3 Å². The molecular formula is C13H16N2OS. The van der Waals surface area contributed by atoms with Crippen molar-refractivity contribution in [2.75, 3.05) is 0 Å². The number of hydrogen-bond acceptors (Lipinski definition) is 4. The average molecular weight is 248 g/mol. The summed E-state index contributed by atoms with van der Waals surface area (Å²) in [6, 6.07) is 5.76. The van der Waals surface area contributed by atoms with Crippen LogP contribution in [-0.4, -0.2) is 15.1 Å². The van der Waals surface area contributed by atoms with Gasteiger partial charge >= 0.3 is 0 Å². The fourth-order valence-electron chi connectivity index (χ4n) is 1.64. The summed E-state index contributed by atoms with van der Waals surface area (Å²) in [7, 11) is 0. The topological polar surface area (TPSA) is 46.0 Å². The molecular weight excluding hydrogens is 232 g/mol. The third-order valence-electron chi connectivity index (χ3n) is 2.44. The van der Waals surface area contributed by atoms with Crippen LogP contribution < -0.4 is 0 Å². The first-order valence-electron chi connectivity index (χ1n) is 5.55. The highest BCUT2D eigenvalue weighted by molar-refractivity contribution is 7.15. The number of thiazole rings is 1. The zero-order valence-electron chi connectivity index (χ0n) is 10.3. The molecule has 3 nitrogen and oxygen atoms in total. The van der Waals surface area contributed by atoms with Gasteiger partial charge in [-0.2, -0.15) is 0 Å². The van der Waals surface area contributed by atoms with Gasteiger partial charge in [-0.15, -0.1) is 11.3 Å². The highest BCUT2D eigenvalue weighted by atomic mass is 32.1. The molecule has 0 spiro atoms. The van der Waals surface area contributed by atoms with E-state index in [0.29, 0.717) is 0 Å². The summed E-state index contributed by atoms with van der Waals surface area (Å²) in [6.07, 6.45) is 1.76. The number of pyridine rings is 1. The second-order valence-electron chi connectivity index (χ2n) is 4.91. The molecule has 2 rings (SSSR count). The second kappa shape index (κ2) is 4.55. The van der Waals surface area contributed by atoms with Crippen molar-refractivity contribution < 1.29 is 5.11 Å². The molecule has 0 aromatic carbocycles. The molecule has 4 heteroatoms. The molecule has 2 aromatic rings. The number of aromatic nitrogens is 2. The van der Waals surface area contributed by atoms with Crippen molar-refractivity contribution in [2.24, 2.45) is 0 Å². The molecule has 0 bridgehead atoms. The van der Waals surface area contributed by atoms with Crippen LogP contribution in [0.15, 0.2) is 24.4 Å². The molecule has 0 radical (unpaired) electrons. The van der Waals surface area contributed by atoms with Gasteiger partial charge in [-0.25, -0.2) is 4.98 Å². The lowest BCUT2D eigenvalue weighted by Crippen LogP contribution is -2.14. The first-order valence-corrected chi connectivity index (χ1v) is 6.36. The summed E-state index contributed by atoms with van der Waals surface area (Å²) in [5, 5.41) is 10.3. The third kappa shape index (κ3) is 2.53. The summed E-state index contributed by atoms with van der Waals surface area (Å²) in [6.45, 7) is 6.34. The predicted octanol–water partition coefficient (Wildman–Crippen LogP) is 2.99. The van der Waals surface area contributed by atoms with Crippen molar-refractivity contribution in [3.63, 3.8) is 0 Å². The summed E-state index contributed by atoms with van der Waals surface area (Å²) >= 11 is 1.52. The summed E-state index contributed by atoms with van der Waals surface area (Å²) in [5.74, 6) is 0. The van der Waals surface area contributed by atoms with E-state index in [1.807, 2.05) is 18.2 Å². The van der Waals surface area contributed by atoms with Crippen molar-refractivity contribution in [3.05, 3.63) is 35.0 Å². The van der Waals surface area contributed by atoms with E-state index in [2.05, 4.69) is 30.7 Å². The summed E-state index contributed by atoms with van der Waals surface area (Å²) in [4.78, 5) is 9.83. The fraction of sp³-hybridized carbons (Fsp3) is 0.385. The minimum Gasteiger partial charge on any atom is -0.391 e. The molecule has 0 aliphatic heterocycles. The van der Waals surface area contributed by atoms with E-state index in [9.17, 15) is 5.11 Å². The Balaban J connectivity index is 2.49. The van der Waals surface area contributed by atoms with Gasteiger partial charge in [-0.05, 0) is 12.1 Å². The molecule has 2 heterocycles. The van der Waals surface area contributed by atoms with Crippen molar-refractivity contribution >= 4 is 11.3 Å². The fourth-order valence-corrected chi connectivity index (χ4v) is 2.75. The minimum absolute atomic E-state index is 0.0388. The second-order valence-corrected chi connectivity index (χ2v) is 6.00. The lowest BCUT2D eigenvalue weighted by atomic mass is 9.91. The van der Waals surface area contributed by atoms with Gasteiger partial charge in [0.1, 0.15) is 5.01 Å². The lowest BCUT2D eigenvalue weighted by Gasteiger charge is -2.16. The Hall–Kier alpha value is -1.26. The maximum absolute atomic E-state index is 9.39. The van der Waals surface area contributed by atoms with Crippen molar-refractivity contribution in [1.29, 1.82) is 0 Å². The molecule has 2 aromatic heterocycles. The largest absolute Gasteiger partial charge is 0.391 e. The Morgan fingerprint density at radius 2 is 2.06 bits per heavy atom. The van der Waals surface area contributed by atoms with Crippen LogP contribution in [0, 0.1) is 0 Å². The molecule has 0 amide bonds. The van der Waals surface area contributed by atoms with Crippen LogP contribution >= 0.6 is 11.3 Å². The van der Waals surface area contributed by atoms with Gasteiger partial charge in [-0.1, -0.05) is 26.8 Å². The normalized spacial score (nSPS) is 11.8. The van der Waals surface area contributed by atoms with Gasteiger partial charge in [-0.3, -0.25) is 4.98 Å². The van der Waals surface area contributed by atoms with Gasteiger partial charge in [0.15, 0.2) is 0 Å². The van der Waals surface area contributed by atoms with Crippen molar-refractivity contribution in [2.45, 2.75) is 32.8 Å². The standard InChI is InChI=1S/C13H16N2OS/c1-13(2,3)11-10(8-16)17-12(15-11)9-6-4-5-7-14-9/h4-7,16H,8H2,1-3H3. The van der Waals surface area contributed by atoms with E-state index in [0.717, 1.165) is 21.3 Å². The SMILES string of the molecule is CC(C)(C)c1nc(-c2ccccn2)sc1CO. The average Bonchev–Trinajstić information content (AvgIpc) is 2.74. The number of aliphatic hydroxyl groups excluding tert-OH is 1. The van der Waals surface area contributed by atoms with Crippen molar-refractivity contribution in [3.8, 4) is 10.7 Å². The van der Waals surface area contributed by atoms with Gasteiger partial charge in [0.05, 0.1) is 22.9 Å². The predicted molar refractivity (Wildman–Crippen MR) is 70.0 cm³/mol. The first kappa shape index (κ1) is 12.2. The van der Waals surface area contributed by atoms with Crippen LogP contribution in [0.1, 0.15) is 31.3 Å². The molecule has 0 aliphatic rings. The quantitative estimate of drug-likeness (QED) is 0.888. The van der Waals surface area contributed by atoms with Gasteiger partial charge in [0, 0.05) is 11.6 Å². The van der Waals surface area contributed by atoms with E-state index >= 15 is 0 Å². The van der Waals surface area contributed by atoms with E-state index in [4.69, 9.17) is 0 Å². The molecule has 90 valence electrons. The van der Waals surface area contributed by atoms with E-state index in [-0.39, 0.29) is 12.0 Å². The zero-order valence-corrected chi connectivity index (χ0v) is 11.1. The summed E-state index contributed by atoms with van der Waals surface area (Å²) < 4.78 is 0. The summed E-state index contributed by atoms with van der Waals surface area (Å²) in [5.41, 5.74) is 1.77. The van der Waals surface area contributed by atoms with Crippen LogP contribution in [0.3, 0.4) is 0 Å². The number of rotatable bonds is 2. The van der Waals surface area contributed by atoms with Crippen LogP contribution in [0.4, 0.5) is 0 Å². The first-order chi connectivity index (χ1) is 8.02. The number of hydrogen-bond donors (Lipinski definition) is 1. The molecule has 1 N–H and O–H groups in total. The smallest absolute Gasteiger partial charge is 0.142 e. The monoisotopic (exact) mass is 248 g/mol. The molecule has 0 aliphatic carbocycles. The maximum Gasteiger partial charge on any atom is 0.142 e. The number of aliphatic hydroxyl groups is 1. The van der Waals surface area contributed by atoms with E-state index < -0.39 is 0 Å². The van der Waals surface area contributed by atoms with Crippen LogP contribution in [0.25, 0.3) is 10.7 Å². The van der Waals surface area contributed by atoms with Crippen molar-refractivity contribution in [1.82, 2.24) is 9.97 Å². The Morgan fingerprint density at radius 1 is 1.29 bits per heavy atom. The zero-order chi connectivity index (χ0) is 12.5. The highest BCUT2D eigenvalue weighted by Gasteiger charge is 2.23. The van der Waals surface area contributed by atoms with Gasteiger partial charge < -0.3 is 5.11 Å². The molecule has 17 heavy (non-hydrogen) atoms. The molecule has 0 atom stereocenters. The van der Waals surface area contributed by atoms with Gasteiger partial charge in [0.2, 0.25) is 0 Å². The van der Waals surface area contributed by atoms with Crippen LogP contribution in [0.5, 0.6) is 0 Å². The number of nitrogens with zero attached hydrogens (tertiary/aromatic N) is 2. The molecule has 0 fully saturated rings. The molecule has 0 saturated heterocycles. The third-order valence-corrected chi connectivity index (χ3v) is 3.50. The molecule has 0 saturated carbocycles. The Morgan fingerprint density at radius 3 is 2.53 bits per heavy atom. The minimum atomic E-state index is -0.0540. The van der Waals surface area contributed by atoms with Gasteiger partial charge in [0.25, 0.3) is 0 Å². The van der Waals surface area contributed by atoms with E-state index in [1.54, 1.807) is 6.20 Å². The van der Waals surface area contributed by atoms with Crippen LogP contribution in [0.2, 0.25) is 0 Å². The Bertz CT molecular complexity index is 500. The lowest BCUT2D eigenvalue weighted by molar-refractivity contribution is 0.282. The molecule has 0 unspecified atom stereocenters. The highest BCUT2D eigenvalue weighted by Crippen LogP contribution is 2.33. The van der Waals surface area contributed by atoms with Crippen LogP contribution in [-0.2, 0) is 12.0 Å². The maximum atomic E-state index is 9.39.